The van der Waals surface area contributed by atoms with Crippen molar-refractivity contribution in [2.75, 3.05) is 22.1 Å². The van der Waals surface area contributed by atoms with Gasteiger partial charge in [0.1, 0.15) is 47.1 Å². The van der Waals surface area contributed by atoms with Crippen LogP contribution in [0, 0.1) is 13.8 Å². The molecule has 6 N–H and O–H groups in total. The number of imidazole rings is 2. The van der Waals surface area contributed by atoms with Crippen LogP contribution in [0.1, 0.15) is 56.1 Å². The van der Waals surface area contributed by atoms with Gasteiger partial charge in [0.25, 0.3) is 11.8 Å². The Morgan fingerprint density at radius 2 is 1.14 bits per heavy atom. The first-order chi connectivity index (χ1) is 30.6. The second kappa shape index (κ2) is 17.9. The molecule has 0 aliphatic rings. The van der Waals surface area contributed by atoms with Gasteiger partial charge in [-0.3, -0.25) is 0 Å². The first-order valence-electron chi connectivity index (χ1n) is 19.5. The van der Waals surface area contributed by atoms with Gasteiger partial charge in [-0.2, -0.15) is 20.2 Å². The number of nitrogens with zero attached hydrogens (tertiary/aromatic N) is 14. The van der Waals surface area contributed by atoms with Crippen LogP contribution in [0.25, 0.3) is 56.7 Å². The number of anilines is 4. The number of nitrogen functional groups attached to an aromatic ring is 2. The molecule has 0 radical (unpaired) electrons. The summed E-state index contributed by atoms with van der Waals surface area (Å²) in [5.74, 6) is 2.92. The van der Waals surface area contributed by atoms with Crippen LogP contribution in [-0.4, -0.2) is 69.4 Å². The highest BCUT2D eigenvalue weighted by Gasteiger charge is 2.24. The number of nitrogens with two attached hydrogens (primary N) is 2. The fraction of sp³-hybridized carbons (Fsp3) is 0.163. The smallest absolute Gasteiger partial charge is 0.265 e. The Morgan fingerprint density at radius 1 is 0.641 bits per heavy atom. The normalized spacial score (nSPS) is 12.0. The molecule has 64 heavy (non-hydrogen) atoms. The minimum absolute atomic E-state index is 0. The van der Waals surface area contributed by atoms with E-state index < -0.39 is 0 Å². The fourth-order valence-corrected chi connectivity index (χ4v) is 7.05. The predicted octanol–water partition coefficient (Wildman–Crippen LogP) is 7.89. The van der Waals surface area contributed by atoms with E-state index in [0.717, 1.165) is 39.3 Å². The molecular weight excluding hydrogens is 836 g/mol. The lowest BCUT2D eigenvalue weighted by atomic mass is 10.0. The number of nitrogens with one attached hydrogen (secondary N) is 2. The Balaban J connectivity index is 0.000000172. The van der Waals surface area contributed by atoms with Crippen LogP contribution in [0.2, 0.25) is 5.15 Å². The van der Waals surface area contributed by atoms with E-state index in [-0.39, 0.29) is 42.9 Å². The summed E-state index contributed by atoms with van der Waals surface area (Å²) in [6.07, 6.45) is 7.89. The predicted molar refractivity (Wildman–Crippen MR) is 242 cm³/mol. The van der Waals surface area contributed by atoms with Crippen LogP contribution < -0.4 is 22.1 Å². The molecule has 0 fully saturated rings. The van der Waals surface area contributed by atoms with Crippen molar-refractivity contribution >= 4 is 46.2 Å². The molecule has 0 saturated heterocycles. The Labute approximate surface area is 370 Å². The summed E-state index contributed by atoms with van der Waals surface area (Å²) in [7, 11) is 0. The van der Waals surface area contributed by atoms with Gasteiger partial charge in [-0.15, -0.1) is 0 Å². The van der Waals surface area contributed by atoms with Crippen molar-refractivity contribution < 1.29 is 9.05 Å². The van der Waals surface area contributed by atoms with Crippen molar-refractivity contribution in [3.05, 3.63) is 132 Å². The summed E-state index contributed by atoms with van der Waals surface area (Å²) in [5, 5.41) is 24.5. The van der Waals surface area contributed by atoms with Crippen molar-refractivity contribution in [1.29, 1.82) is 0 Å². The van der Waals surface area contributed by atoms with Crippen LogP contribution in [0.3, 0.4) is 0 Å². The minimum Gasteiger partial charge on any atom is -0.383 e. The number of hydrogen-bond acceptors (Lipinski definition) is 18. The summed E-state index contributed by atoms with van der Waals surface area (Å²) in [4.78, 5) is 34.2. The number of aromatic nitrogens is 14. The van der Waals surface area contributed by atoms with Gasteiger partial charge in [0.05, 0.1) is 29.7 Å². The third-order valence-electron chi connectivity index (χ3n) is 9.87. The molecule has 0 spiro atoms. The molecule has 0 amide bonds. The fourth-order valence-electron chi connectivity index (χ4n) is 6.87. The molecule has 2 atom stereocenters. The van der Waals surface area contributed by atoms with E-state index in [0.29, 0.717) is 45.2 Å². The van der Waals surface area contributed by atoms with E-state index in [1.54, 1.807) is 35.3 Å². The molecule has 8 heterocycles. The van der Waals surface area contributed by atoms with Crippen LogP contribution in [-0.2, 0) is 0 Å². The van der Waals surface area contributed by atoms with Gasteiger partial charge in [0, 0.05) is 34.6 Å². The van der Waals surface area contributed by atoms with Gasteiger partial charge in [0.15, 0.2) is 28.1 Å². The number of halogens is 1. The molecule has 10 rings (SSSR count). The summed E-state index contributed by atoms with van der Waals surface area (Å²) in [6.45, 7) is 7.47. The highest BCUT2D eigenvalue weighted by Crippen LogP contribution is 2.36. The van der Waals surface area contributed by atoms with E-state index in [1.807, 2.05) is 92.8 Å². The van der Waals surface area contributed by atoms with Gasteiger partial charge in [0.2, 0.25) is 0 Å². The Kier molecular flexibility index (Phi) is 11.8. The molecule has 322 valence electrons. The molecule has 2 aromatic carbocycles. The Bertz CT molecular complexity index is 3200. The van der Waals surface area contributed by atoms with Crippen molar-refractivity contribution in [3.63, 3.8) is 0 Å². The van der Waals surface area contributed by atoms with Gasteiger partial charge < -0.3 is 31.1 Å². The largest absolute Gasteiger partial charge is 0.383 e. The molecule has 20 nitrogen and oxygen atoms in total. The van der Waals surface area contributed by atoms with Gasteiger partial charge in [-0.25, -0.2) is 38.9 Å². The summed E-state index contributed by atoms with van der Waals surface area (Å²) in [5.41, 5.74) is 19.9. The summed E-state index contributed by atoms with van der Waals surface area (Å²) in [6, 6.07) is 23.4. The van der Waals surface area contributed by atoms with Crippen molar-refractivity contribution in [3.8, 4) is 45.4 Å². The average molecular weight is 877 g/mol. The van der Waals surface area contributed by atoms with E-state index in [2.05, 4.69) is 60.8 Å². The van der Waals surface area contributed by atoms with Crippen molar-refractivity contribution in [2.24, 2.45) is 0 Å². The summed E-state index contributed by atoms with van der Waals surface area (Å²) < 4.78 is 14.0. The number of aryl methyl sites for hydroxylation is 2. The van der Waals surface area contributed by atoms with Gasteiger partial charge in [-0.05, 0) is 39.8 Å². The molecular formula is C43H41ClN18O2. The zero-order valence-electron chi connectivity index (χ0n) is 34.1. The van der Waals surface area contributed by atoms with Gasteiger partial charge >= 0.3 is 0 Å². The first kappa shape index (κ1) is 42.3. The lowest BCUT2D eigenvalue weighted by Crippen LogP contribution is -2.13. The first-order valence-corrected chi connectivity index (χ1v) is 19.8. The third-order valence-corrected chi connectivity index (χ3v) is 10.1. The minimum atomic E-state index is -0.241. The maximum absolute atomic E-state index is 6.27. The number of benzene rings is 2. The summed E-state index contributed by atoms with van der Waals surface area (Å²) >= 11 is 6.27. The van der Waals surface area contributed by atoms with Crippen molar-refractivity contribution in [1.82, 2.24) is 69.4 Å². The zero-order valence-corrected chi connectivity index (χ0v) is 34.8. The standard InChI is InChI=1S/C21H18ClN9O.C21H19N9O.CH4/c1-11(27-20-17(19(23)25-10-26-20)21-28-12(2)30-32-21)14-8-16-24-9-15(22)31(16)29-18(14)13-6-4-3-5-7-13;1-12(26-20-17(19(22)24-11-25-20)21-27-13(2)29-31-21)15-10-16-23-8-9-30(16)28-18(15)14-6-4-3-5-7-14;/h3-11H,1-2H3,(H3,23,25,26,27);3-12H,1-2H3,(H3,22,24,25,26);1H4/t11-;12-;/m00./s1. The molecule has 0 aliphatic carbocycles. The SMILES string of the molecule is C.Cc1noc(-c2c(N)ncnc2N[C@@H](C)c2cc3ncc(Cl)n3nc2-c2ccccc2)n1.Cc1noc(-c2c(N)ncnc2N[C@@H](C)c2cc3nccn3nc2-c2ccccc2)n1. The molecule has 0 unspecified atom stereocenters. The lowest BCUT2D eigenvalue weighted by Gasteiger charge is -2.19. The number of fused-ring (bicyclic) bond motifs is 2. The molecule has 10 aromatic rings. The average Bonchev–Trinajstić information content (AvgIpc) is 4.12. The van der Waals surface area contributed by atoms with Gasteiger partial charge in [-0.1, -0.05) is 90.0 Å². The third kappa shape index (κ3) is 8.44. The highest BCUT2D eigenvalue weighted by molar-refractivity contribution is 6.29. The molecule has 0 aliphatic heterocycles. The highest BCUT2D eigenvalue weighted by atomic mass is 35.5. The molecule has 21 heteroatoms. The zero-order chi connectivity index (χ0) is 43.6. The van der Waals surface area contributed by atoms with Crippen LogP contribution >= 0.6 is 11.6 Å². The maximum Gasteiger partial charge on any atom is 0.265 e. The lowest BCUT2D eigenvalue weighted by molar-refractivity contribution is 0.425. The van der Waals surface area contributed by atoms with Crippen LogP contribution in [0.15, 0.2) is 113 Å². The van der Waals surface area contributed by atoms with E-state index >= 15 is 0 Å². The topological polar surface area (TPSA) is 266 Å². The molecule has 0 bridgehead atoms. The van der Waals surface area contributed by atoms with Crippen molar-refractivity contribution in [2.45, 2.75) is 47.2 Å². The quantitative estimate of drug-likeness (QED) is 0.102. The second-order valence-electron chi connectivity index (χ2n) is 14.2. The van der Waals surface area contributed by atoms with E-state index in [4.69, 9.17) is 42.3 Å². The van der Waals surface area contributed by atoms with Crippen LogP contribution in [0.4, 0.5) is 23.3 Å². The second-order valence-corrected chi connectivity index (χ2v) is 14.6. The molecule has 0 saturated carbocycles. The Morgan fingerprint density at radius 3 is 1.64 bits per heavy atom. The monoisotopic (exact) mass is 876 g/mol. The van der Waals surface area contributed by atoms with E-state index in [1.165, 1.54) is 12.7 Å². The number of rotatable bonds is 10. The maximum atomic E-state index is 6.27. The Hall–Kier alpha value is -8.39. The van der Waals surface area contributed by atoms with E-state index in [9.17, 15) is 0 Å². The molecule has 8 aromatic heterocycles. The van der Waals surface area contributed by atoms with Crippen LogP contribution in [0.5, 0.6) is 0 Å². The number of hydrogen-bond donors (Lipinski definition) is 4.